The smallest absolute Gasteiger partial charge is 0.402 e. The van der Waals surface area contributed by atoms with Crippen molar-refractivity contribution in [3.8, 4) is 0 Å². The van der Waals surface area contributed by atoms with E-state index in [1.807, 2.05) is 11.8 Å². The van der Waals surface area contributed by atoms with Crippen LogP contribution in [0.3, 0.4) is 0 Å². The first-order valence-electron chi connectivity index (χ1n) is 8.00. The quantitative estimate of drug-likeness (QED) is 0.364. The average molecular weight is 363 g/mol. The number of hydrogen-bond donors (Lipinski definition) is 4. The number of esters is 1. The Hall–Kier alpha value is -1.25. The van der Waals surface area contributed by atoms with Gasteiger partial charge in [0, 0.05) is 11.8 Å². The zero-order chi connectivity index (χ0) is 18.4. The van der Waals surface area contributed by atoms with Crippen LogP contribution in [0.4, 0.5) is 4.79 Å². The second kappa shape index (κ2) is 13.1. The van der Waals surface area contributed by atoms with Crippen LogP contribution in [-0.2, 0) is 9.53 Å². The Morgan fingerprint density at radius 2 is 1.96 bits per heavy atom. The van der Waals surface area contributed by atoms with Gasteiger partial charge in [-0.15, -0.1) is 11.8 Å². The summed E-state index contributed by atoms with van der Waals surface area (Å²) in [6, 6.07) is 0. The minimum atomic E-state index is -1.33. The van der Waals surface area contributed by atoms with Crippen molar-refractivity contribution in [3.05, 3.63) is 11.0 Å². The molecule has 1 fully saturated rings. The van der Waals surface area contributed by atoms with Gasteiger partial charge in [-0.1, -0.05) is 13.0 Å². The van der Waals surface area contributed by atoms with E-state index in [-0.39, 0.29) is 25.8 Å². The van der Waals surface area contributed by atoms with Crippen LogP contribution in [0.25, 0.3) is 0 Å². The zero-order valence-electron chi connectivity index (χ0n) is 14.2. The first kappa shape index (κ1) is 22.8. The molecule has 0 radical (unpaired) electrons. The molecule has 1 rings (SSSR count). The number of carbonyl (C=O) groups is 2. The van der Waals surface area contributed by atoms with Crippen LogP contribution in [0.1, 0.15) is 45.4 Å². The Morgan fingerprint density at radius 3 is 2.46 bits per heavy atom. The summed E-state index contributed by atoms with van der Waals surface area (Å²) in [5.74, 6) is 0.994. The van der Waals surface area contributed by atoms with Gasteiger partial charge >= 0.3 is 12.1 Å². The monoisotopic (exact) mass is 363 g/mol. The van der Waals surface area contributed by atoms with Gasteiger partial charge in [0.1, 0.15) is 6.61 Å². The number of amides is 1. The van der Waals surface area contributed by atoms with Crippen LogP contribution < -0.4 is 5.73 Å². The average Bonchev–Trinajstić information content (AvgIpc) is 3.05. The van der Waals surface area contributed by atoms with E-state index < -0.39 is 11.5 Å². The number of nitrogens with two attached hydrogens (primary N) is 1. The molecule has 1 saturated heterocycles. The number of unbranched alkanes of at least 4 members (excludes halogenated alkanes) is 2. The van der Waals surface area contributed by atoms with Crippen molar-refractivity contribution in [3.63, 3.8) is 0 Å². The van der Waals surface area contributed by atoms with E-state index in [1.54, 1.807) is 6.92 Å². The molecule has 8 heteroatoms. The number of primary amides is 1. The van der Waals surface area contributed by atoms with Crippen molar-refractivity contribution < 1.29 is 29.6 Å². The van der Waals surface area contributed by atoms with Gasteiger partial charge in [-0.3, -0.25) is 4.79 Å². The fraction of sp³-hybridized carbons (Fsp3) is 0.750. The van der Waals surface area contributed by atoms with Gasteiger partial charge in [0.15, 0.2) is 0 Å². The van der Waals surface area contributed by atoms with E-state index in [1.165, 1.54) is 23.5 Å². The fourth-order valence-corrected chi connectivity index (χ4v) is 2.90. The molecule has 7 nitrogen and oxygen atoms in total. The van der Waals surface area contributed by atoms with Crippen LogP contribution in [0.5, 0.6) is 0 Å². The van der Waals surface area contributed by atoms with E-state index in [9.17, 15) is 4.79 Å². The number of ether oxygens (including phenoxy) is 1. The minimum absolute atomic E-state index is 0.0690. The number of hydrogen-bond acceptors (Lipinski definition) is 6. The molecule has 0 unspecified atom stereocenters. The Morgan fingerprint density at radius 1 is 1.33 bits per heavy atom. The minimum Gasteiger partial charge on any atom is -0.465 e. The molecule has 0 aromatic rings. The standard InChI is InChI=1S/C15H26O4S.CH3NO2/c1-15(10-16,11-17)12-19-14(18)8-4-2-3-6-13-7-5-9-20-13;2-1(3)4/h6,16-17H,2-5,7-12H2,1H3;2H2,(H,3,4)/b13-6+;. The van der Waals surface area contributed by atoms with Gasteiger partial charge in [-0.05, 0) is 42.8 Å². The SMILES string of the molecule is CC(CO)(CO)COC(=O)CCCC/C=C1\CCCS1.NC(=O)O. The lowest BCUT2D eigenvalue weighted by Gasteiger charge is -2.23. The molecule has 0 aromatic heterocycles. The molecule has 1 heterocycles. The Balaban J connectivity index is 0.00000118. The van der Waals surface area contributed by atoms with Crippen molar-refractivity contribution in [1.82, 2.24) is 0 Å². The topological polar surface area (TPSA) is 130 Å². The third-order valence-electron chi connectivity index (χ3n) is 3.41. The summed E-state index contributed by atoms with van der Waals surface area (Å²) in [5, 5.41) is 25.4. The van der Waals surface area contributed by atoms with Gasteiger partial charge in [0.25, 0.3) is 0 Å². The zero-order valence-corrected chi connectivity index (χ0v) is 15.0. The third-order valence-corrected chi connectivity index (χ3v) is 4.64. The van der Waals surface area contributed by atoms with Crippen LogP contribution in [-0.4, -0.2) is 53.0 Å². The Kier molecular flexibility index (Phi) is 12.4. The van der Waals surface area contributed by atoms with Crippen molar-refractivity contribution >= 4 is 23.8 Å². The molecule has 0 atom stereocenters. The Labute approximate surface area is 147 Å². The number of rotatable bonds is 9. The molecule has 140 valence electrons. The van der Waals surface area contributed by atoms with E-state index in [2.05, 4.69) is 11.8 Å². The largest absolute Gasteiger partial charge is 0.465 e. The highest BCUT2D eigenvalue weighted by Crippen LogP contribution is 2.30. The van der Waals surface area contributed by atoms with Crippen molar-refractivity contribution in [2.75, 3.05) is 25.6 Å². The van der Waals surface area contributed by atoms with Gasteiger partial charge in [-0.2, -0.15) is 0 Å². The summed E-state index contributed by atoms with van der Waals surface area (Å²) in [6.45, 7) is 1.37. The normalized spacial score (nSPS) is 15.7. The number of carboxylic acid groups (broad SMARTS) is 1. The van der Waals surface area contributed by atoms with Gasteiger partial charge < -0.3 is 25.8 Å². The number of thioether (sulfide) groups is 1. The van der Waals surface area contributed by atoms with E-state index in [0.29, 0.717) is 6.42 Å². The number of aliphatic hydroxyl groups excluding tert-OH is 2. The van der Waals surface area contributed by atoms with Crippen LogP contribution >= 0.6 is 11.8 Å². The highest BCUT2D eigenvalue weighted by atomic mass is 32.2. The molecular formula is C16H29NO6S. The van der Waals surface area contributed by atoms with E-state index >= 15 is 0 Å². The molecule has 24 heavy (non-hydrogen) atoms. The highest BCUT2D eigenvalue weighted by molar-refractivity contribution is 8.03. The van der Waals surface area contributed by atoms with Crippen molar-refractivity contribution in [2.45, 2.75) is 45.4 Å². The first-order valence-corrected chi connectivity index (χ1v) is 8.99. The predicted octanol–water partition coefficient (Wildman–Crippen LogP) is 2.11. The second-order valence-corrected chi connectivity index (χ2v) is 7.22. The van der Waals surface area contributed by atoms with Crippen LogP contribution in [0.15, 0.2) is 11.0 Å². The van der Waals surface area contributed by atoms with Crippen molar-refractivity contribution in [2.24, 2.45) is 11.1 Å². The summed E-state index contributed by atoms with van der Waals surface area (Å²) in [4.78, 5) is 21.8. The van der Waals surface area contributed by atoms with Gasteiger partial charge in [-0.25, -0.2) is 4.79 Å². The van der Waals surface area contributed by atoms with E-state index in [0.717, 1.165) is 19.3 Å². The first-order chi connectivity index (χ1) is 11.3. The molecule has 0 aromatic carbocycles. The summed E-state index contributed by atoms with van der Waals surface area (Å²) in [5.41, 5.74) is 3.29. The van der Waals surface area contributed by atoms with Crippen molar-refractivity contribution in [1.29, 1.82) is 0 Å². The lowest BCUT2D eigenvalue weighted by molar-refractivity contribution is -0.149. The third kappa shape index (κ3) is 12.2. The number of carbonyl (C=O) groups excluding carboxylic acids is 1. The molecule has 0 aliphatic carbocycles. The lowest BCUT2D eigenvalue weighted by atomic mass is 9.94. The maximum absolute atomic E-state index is 11.5. The molecular weight excluding hydrogens is 334 g/mol. The number of allylic oxidation sites excluding steroid dienone is 2. The molecule has 1 aliphatic rings. The summed E-state index contributed by atoms with van der Waals surface area (Å²) >= 11 is 1.94. The molecule has 1 amide bonds. The molecule has 0 spiro atoms. The number of aliphatic hydroxyl groups is 2. The maximum Gasteiger partial charge on any atom is 0.402 e. The highest BCUT2D eigenvalue weighted by Gasteiger charge is 2.24. The van der Waals surface area contributed by atoms with E-state index in [4.69, 9.17) is 24.9 Å². The maximum atomic E-state index is 11.5. The molecule has 0 saturated carbocycles. The molecule has 1 aliphatic heterocycles. The summed E-state index contributed by atoms with van der Waals surface area (Å²) in [7, 11) is 0. The Bertz CT molecular complexity index is 397. The van der Waals surface area contributed by atoms with Gasteiger partial charge in [0.2, 0.25) is 0 Å². The molecule has 5 N–H and O–H groups in total. The second-order valence-electron chi connectivity index (χ2n) is 5.99. The van der Waals surface area contributed by atoms with Crippen LogP contribution in [0, 0.1) is 5.41 Å². The van der Waals surface area contributed by atoms with Crippen LogP contribution in [0.2, 0.25) is 0 Å². The molecule has 0 bridgehead atoms. The fourth-order valence-electron chi connectivity index (χ4n) is 1.83. The lowest BCUT2D eigenvalue weighted by Crippen LogP contribution is -2.32. The van der Waals surface area contributed by atoms with Gasteiger partial charge in [0.05, 0.1) is 13.2 Å². The summed E-state index contributed by atoms with van der Waals surface area (Å²) in [6.07, 6.45) is 6.71. The predicted molar refractivity (Wildman–Crippen MR) is 93.7 cm³/mol. The summed E-state index contributed by atoms with van der Waals surface area (Å²) < 4.78 is 5.09.